The molecule has 0 aromatic heterocycles. The summed E-state index contributed by atoms with van der Waals surface area (Å²) >= 11 is 0. The first-order valence-electron chi connectivity index (χ1n) is 6.28. The van der Waals surface area contributed by atoms with Crippen molar-refractivity contribution in [1.29, 1.82) is 0 Å². The highest BCUT2D eigenvalue weighted by Crippen LogP contribution is 2.14. The monoisotopic (exact) mass is 269 g/mol. The van der Waals surface area contributed by atoms with Gasteiger partial charge in [-0.2, -0.15) is 0 Å². The van der Waals surface area contributed by atoms with E-state index in [0.29, 0.717) is 12.0 Å². The molecule has 0 saturated carbocycles. The van der Waals surface area contributed by atoms with Gasteiger partial charge in [-0.15, -0.1) is 0 Å². The van der Waals surface area contributed by atoms with Crippen LogP contribution in [0.15, 0.2) is 54.6 Å². The fraction of sp³-hybridized carbons (Fsp3) is 0.125. The lowest BCUT2D eigenvalue weighted by Gasteiger charge is -2.09. The molecule has 2 aromatic rings. The third-order valence-corrected chi connectivity index (χ3v) is 2.90. The lowest BCUT2D eigenvalue weighted by Crippen LogP contribution is -2.29. The van der Waals surface area contributed by atoms with Crippen molar-refractivity contribution in [2.75, 3.05) is 6.54 Å². The molecule has 0 radical (unpaired) electrons. The van der Waals surface area contributed by atoms with Crippen molar-refractivity contribution in [1.82, 2.24) is 5.32 Å². The van der Waals surface area contributed by atoms with Crippen molar-refractivity contribution in [2.24, 2.45) is 0 Å². The van der Waals surface area contributed by atoms with Gasteiger partial charge in [0.25, 0.3) is 5.91 Å². The molecule has 0 aliphatic rings. The molecule has 20 heavy (non-hydrogen) atoms. The summed E-state index contributed by atoms with van der Waals surface area (Å²) in [5.41, 5.74) is 2.49. The second-order valence-corrected chi connectivity index (χ2v) is 4.40. The van der Waals surface area contributed by atoms with Gasteiger partial charge in [0.05, 0.1) is 0 Å². The molecule has 102 valence electrons. The zero-order chi connectivity index (χ0) is 14.4. The third kappa shape index (κ3) is 3.68. The number of amides is 1. The SMILES string of the molecule is O=C(O)CNC(=O)c1ccccc1Cc1ccccc1. The summed E-state index contributed by atoms with van der Waals surface area (Å²) < 4.78 is 0. The van der Waals surface area contributed by atoms with Gasteiger partial charge in [0.1, 0.15) is 6.54 Å². The van der Waals surface area contributed by atoms with Crippen molar-refractivity contribution in [3.63, 3.8) is 0 Å². The van der Waals surface area contributed by atoms with E-state index in [1.165, 1.54) is 0 Å². The van der Waals surface area contributed by atoms with Gasteiger partial charge < -0.3 is 10.4 Å². The van der Waals surface area contributed by atoms with E-state index in [1.54, 1.807) is 12.1 Å². The standard InChI is InChI=1S/C16H15NO3/c18-15(19)11-17-16(20)14-9-5-4-8-13(14)10-12-6-2-1-3-7-12/h1-9H,10-11H2,(H,17,20)(H,18,19). The Balaban J connectivity index is 2.18. The maximum atomic E-state index is 12.0. The maximum Gasteiger partial charge on any atom is 0.322 e. The largest absolute Gasteiger partial charge is 0.480 e. The minimum atomic E-state index is -1.06. The summed E-state index contributed by atoms with van der Waals surface area (Å²) in [7, 11) is 0. The predicted octanol–water partition coefficient (Wildman–Crippen LogP) is 2.09. The molecule has 4 nitrogen and oxygen atoms in total. The number of carbonyl (C=O) groups is 2. The molecule has 4 heteroatoms. The van der Waals surface area contributed by atoms with E-state index in [1.807, 2.05) is 42.5 Å². The van der Waals surface area contributed by atoms with Crippen LogP contribution in [-0.2, 0) is 11.2 Å². The average Bonchev–Trinajstić information content (AvgIpc) is 2.46. The van der Waals surface area contributed by atoms with Crippen LogP contribution in [-0.4, -0.2) is 23.5 Å². The van der Waals surface area contributed by atoms with Gasteiger partial charge in [-0.25, -0.2) is 0 Å². The molecule has 0 saturated heterocycles. The molecule has 2 N–H and O–H groups in total. The smallest absolute Gasteiger partial charge is 0.322 e. The Morgan fingerprint density at radius 3 is 2.30 bits per heavy atom. The van der Waals surface area contributed by atoms with E-state index in [4.69, 9.17) is 5.11 Å². The minimum Gasteiger partial charge on any atom is -0.480 e. The number of rotatable bonds is 5. The molecule has 0 atom stereocenters. The minimum absolute atomic E-state index is 0.362. The van der Waals surface area contributed by atoms with E-state index >= 15 is 0 Å². The predicted molar refractivity (Wildman–Crippen MR) is 75.7 cm³/mol. The molecule has 0 fully saturated rings. The zero-order valence-electron chi connectivity index (χ0n) is 10.9. The number of hydrogen-bond acceptors (Lipinski definition) is 2. The molecule has 0 spiro atoms. The number of carboxylic acids is 1. The van der Waals surface area contributed by atoms with Crippen LogP contribution in [0, 0.1) is 0 Å². The molecule has 0 bridgehead atoms. The topological polar surface area (TPSA) is 66.4 Å². The van der Waals surface area contributed by atoms with Crippen molar-refractivity contribution >= 4 is 11.9 Å². The van der Waals surface area contributed by atoms with Crippen molar-refractivity contribution in [3.8, 4) is 0 Å². The molecular weight excluding hydrogens is 254 g/mol. The highest BCUT2D eigenvalue weighted by molar-refractivity contribution is 5.97. The van der Waals surface area contributed by atoms with Crippen LogP contribution in [0.2, 0.25) is 0 Å². The number of nitrogens with one attached hydrogen (secondary N) is 1. The van der Waals surface area contributed by atoms with Crippen LogP contribution in [0.5, 0.6) is 0 Å². The Kier molecular flexibility index (Phi) is 4.50. The first kappa shape index (κ1) is 13.8. The number of aliphatic carboxylic acids is 1. The highest BCUT2D eigenvalue weighted by atomic mass is 16.4. The summed E-state index contributed by atoms with van der Waals surface area (Å²) in [6.45, 7) is -0.376. The first-order chi connectivity index (χ1) is 9.66. The van der Waals surface area contributed by atoms with E-state index in [0.717, 1.165) is 11.1 Å². The van der Waals surface area contributed by atoms with Gasteiger partial charge in [-0.1, -0.05) is 48.5 Å². The Morgan fingerprint density at radius 2 is 1.60 bits per heavy atom. The molecular formula is C16H15NO3. The number of carbonyl (C=O) groups excluding carboxylic acids is 1. The Labute approximate surface area is 117 Å². The summed E-state index contributed by atoms with van der Waals surface area (Å²) in [6.07, 6.45) is 0.636. The van der Waals surface area contributed by atoms with E-state index in [-0.39, 0.29) is 12.5 Å². The number of carboxylic acid groups (broad SMARTS) is 1. The third-order valence-electron chi connectivity index (χ3n) is 2.90. The van der Waals surface area contributed by atoms with Gasteiger partial charge in [0, 0.05) is 5.56 Å². The summed E-state index contributed by atoms with van der Waals surface area (Å²) in [5, 5.41) is 11.0. The normalized spacial score (nSPS) is 10.0. The second kappa shape index (κ2) is 6.52. The van der Waals surface area contributed by atoms with Crippen molar-refractivity contribution < 1.29 is 14.7 Å². The Morgan fingerprint density at radius 1 is 0.950 bits per heavy atom. The molecule has 0 heterocycles. The highest BCUT2D eigenvalue weighted by Gasteiger charge is 2.11. The molecule has 2 rings (SSSR count). The summed E-state index contributed by atoms with van der Waals surface area (Å²) in [4.78, 5) is 22.5. The van der Waals surface area contributed by atoms with Crippen LogP contribution < -0.4 is 5.32 Å². The van der Waals surface area contributed by atoms with E-state index in [9.17, 15) is 9.59 Å². The van der Waals surface area contributed by atoms with Crippen LogP contribution in [0.25, 0.3) is 0 Å². The van der Waals surface area contributed by atoms with E-state index in [2.05, 4.69) is 5.32 Å². The van der Waals surface area contributed by atoms with Gasteiger partial charge in [-0.3, -0.25) is 9.59 Å². The van der Waals surface area contributed by atoms with Crippen molar-refractivity contribution in [3.05, 3.63) is 71.3 Å². The Hall–Kier alpha value is -2.62. The van der Waals surface area contributed by atoms with Crippen LogP contribution >= 0.6 is 0 Å². The van der Waals surface area contributed by atoms with Crippen molar-refractivity contribution in [2.45, 2.75) is 6.42 Å². The van der Waals surface area contributed by atoms with Crippen LogP contribution in [0.4, 0.5) is 0 Å². The lowest BCUT2D eigenvalue weighted by atomic mass is 9.99. The van der Waals surface area contributed by atoms with Gasteiger partial charge in [-0.05, 0) is 23.6 Å². The fourth-order valence-electron chi connectivity index (χ4n) is 1.96. The van der Waals surface area contributed by atoms with Gasteiger partial charge in [0.2, 0.25) is 0 Å². The molecule has 0 aliphatic heterocycles. The number of benzene rings is 2. The maximum absolute atomic E-state index is 12.0. The first-order valence-corrected chi connectivity index (χ1v) is 6.28. The second-order valence-electron chi connectivity index (χ2n) is 4.40. The quantitative estimate of drug-likeness (QED) is 0.873. The van der Waals surface area contributed by atoms with Gasteiger partial charge >= 0.3 is 5.97 Å². The molecule has 0 unspecified atom stereocenters. The fourth-order valence-corrected chi connectivity index (χ4v) is 1.96. The summed E-state index contributed by atoms with van der Waals surface area (Å²) in [5.74, 6) is -1.42. The molecule has 2 aromatic carbocycles. The molecule has 1 amide bonds. The average molecular weight is 269 g/mol. The van der Waals surface area contributed by atoms with Crippen LogP contribution in [0.1, 0.15) is 21.5 Å². The number of hydrogen-bond donors (Lipinski definition) is 2. The summed E-state index contributed by atoms with van der Waals surface area (Å²) in [6, 6.07) is 17.0. The van der Waals surface area contributed by atoms with Crippen LogP contribution in [0.3, 0.4) is 0 Å². The van der Waals surface area contributed by atoms with Gasteiger partial charge in [0.15, 0.2) is 0 Å². The zero-order valence-corrected chi connectivity index (χ0v) is 10.9. The lowest BCUT2D eigenvalue weighted by molar-refractivity contribution is -0.135. The molecule has 0 aliphatic carbocycles. The Bertz CT molecular complexity index is 608. The van der Waals surface area contributed by atoms with E-state index < -0.39 is 5.97 Å².